The van der Waals surface area contributed by atoms with Gasteiger partial charge in [-0.25, -0.2) is 4.39 Å². The van der Waals surface area contributed by atoms with Crippen molar-refractivity contribution in [2.45, 2.75) is 51.1 Å². The van der Waals surface area contributed by atoms with Gasteiger partial charge in [0.2, 0.25) is 11.8 Å². The third-order valence-corrected chi connectivity index (χ3v) is 5.70. The SMILES string of the molecule is COc1ccc([C@@H](CC(=O)N[C@@H](c2ccc(F)cc2)C2CCCC2)NC(C)=O)cc1. The van der Waals surface area contributed by atoms with Crippen molar-refractivity contribution in [1.82, 2.24) is 10.6 Å². The van der Waals surface area contributed by atoms with Gasteiger partial charge in [0.1, 0.15) is 11.6 Å². The summed E-state index contributed by atoms with van der Waals surface area (Å²) in [6.45, 7) is 1.44. The van der Waals surface area contributed by atoms with Gasteiger partial charge >= 0.3 is 0 Å². The van der Waals surface area contributed by atoms with Crippen LogP contribution in [0.15, 0.2) is 48.5 Å². The Hall–Kier alpha value is -2.89. The number of carbonyl (C=O) groups excluding carboxylic acids is 2. The van der Waals surface area contributed by atoms with Gasteiger partial charge in [-0.15, -0.1) is 0 Å². The number of halogens is 1. The molecular formula is C24H29FN2O3. The van der Waals surface area contributed by atoms with Gasteiger partial charge in [-0.05, 0) is 54.2 Å². The molecular weight excluding hydrogens is 383 g/mol. The number of ether oxygens (including phenoxy) is 1. The molecule has 0 aromatic heterocycles. The lowest BCUT2D eigenvalue weighted by molar-refractivity contribution is -0.123. The summed E-state index contributed by atoms with van der Waals surface area (Å²) in [6, 6.07) is 13.1. The smallest absolute Gasteiger partial charge is 0.222 e. The first-order valence-corrected chi connectivity index (χ1v) is 10.4. The van der Waals surface area contributed by atoms with E-state index in [1.54, 1.807) is 19.2 Å². The first-order chi connectivity index (χ1) is 14.5. The van der Waals surface area contributed by atoms with Crippen LogP contribution in [0.25, 0.3) is 0 Å². The van der Waals surface area contributed by atoms with Crippen LogP contribution in [-0.4, -0.2) is 18.9 Å². The number of carbonyl (C=O) groups is 2. The lowest BCUT2D eigenvalue weighted by atomic mass is 9.91. The molecule has 2 atom stereocenters. The first kappa shape index (κ1) is 21.8. The van der Waals surface area contributed by atoms with Crippen LogP contribution in [0, 0.1) is 11.7 Å². The van der Waals surface area contributed by atoms with Crippen LogP contribution in [-0.2, 0) is 9.59 Å². The zero-order valence-corrected chi connectivity index (χ0v) is 17.5. The standard InChI is InChI=1S/C24H29FN2O3/c1-16(28)26-22(17-9-13-21(30-2)14-10-17)15-23(29)27-24(18-5-3-4-6-18)19-7-11-20(25)12-8-19/h7-14,18,22,24H,3-6,15H2,1-2H3,(H,26,28)(H,27,29)/t22-,24-/m1/s1. The van der Waals surface area contributed by atoms with Crippen molar-refractivity contribution in [2.75, 3.05) is 7.11 Å². The third-order valence-electron chi connectivity index (χ3n) is 5.70. The Morgan fingerprint density at radius 3 is 2.17 bits per heavy atom. The molecule has 0 radical (unpaired) electrons. The molecule has 0 heterocycles. The summed E-state index contributed by atoms with van der Waals surface area (Å²) < 4.78 is 18.6. The molecule has 6 heteroatoms. The van der Waals surface area contributed by atoms with Crippen molar-refractivity contribution in [2.24, 2.45) is 5.92 Å². The summed E-state index contributed by atoms with van der Waals surface area (Å²) in [5, 5.41) is 6.02. The molecule has 2 amide bonds. The van der Waals surface area contributed by atoms with Crippen LogP contribution >= 0.6 is 0 Å². The van der Waals surface area contributed by atoms with E-state index in [0.29, 0.717) is 11.7 Å². The van der Waals surface area contributed by atoms with E-state index in [-0.39, 0.29) is 30.1 Å². The molecule has 0 aliphatic heterocycles. The zero-order chi connectivity index (χ0) is 21.5. The summed E-state index contributed by atoms with van der Waals surface area (Å²) in [5.74, 6) is 0.405. The van der Waals surface area contributed by atoms with E-state index in [1.165, 1.54) is 19.1 Å². The van der Waals surface area contributed by atoms with Crippen LogP contribution in [0.1, 0.15) is 62.2 Å². The average Bonchev–Trinajstić information content (AvgIpc) is 3.27. The number of amides is 2. The number of benzene rings is 2. The number of hydrogen-bond acceptors (Lipinski definition) is 3. The monoisotopic (exact) mass is 412 g/mol. The van der Waals surface area contributed by atoms with E-state index in [9.17, 15) is 14.0 Å². The molecule has 30 heavy (non-hydrogen) atoms. The Morgan fingerprint density at radius 2 is 1.60 bits per heavy atom. The van der Waals surface area contributed by atoms with Crippen molar-refractivity contribution in [3.63, 3.8) is 0 Å². The van der Waals surface area contributed by atoms with Gasteiger partial charge in [0, 0.05) is 6.92 Å². The van der Waals surface area contributed by atoms with Gasteiger partial charge in [0.15, 0.2) is 0 Å². The molecule has 1 saturated carbocycles. The summed E-state index contributed by atoms with van der Waals surface area (Å²) >= 11 is 0. The predicted molar refractivity (Wildman–Crippen MR) is 113 cm³/mol. The summed E-state index contributed by atoms with van der Waals surface area (Å²) in [6.07, 6.45) is 4.47. The van der Waals surface area contributed by atoms with Crippen LogP contribution in [0.3, 0.4) is 0 Å². The fourth-order valence-electron chi connectivity index (χ4n) is 4.19. The van der Waals surface area contributed by atoms with Crippen molar-refractivity contribution in [3.05, 3.63) is 65.5 Å². The Bertz CT molecular complexity index is 846. The quantitative estimate of drug-likeness (QED) is 0.673. The number of methoxy groups -OCH3 is 1. The maximum absolute atomic E-state index is 13.4. The molecule has 0 spiro atoms. The van der Waals surface area contributed by atoms with Crippen molar-refractivity contribution in [1.29, 1.82) is 0 Å². The molecule has 0 bridgehead atoms. The largest absolute Gasteiger partial charge is 0.497 e. The lowest BCUT2D eigenvalue weighted by Crippen LogP contribution is -2.36. The summed E-state index contributed by atoms with van der Waals surface area (Å²) in [5.41, 5.74) is 1.75. The van der Waals surface area contributed by atoms with Gasteiger partial charge in [-0.3, -0.25) is 9.59 Å². The van der Waals surface area contributed by atoms with E-state index in [0.717, 1.165) is 36.8 Å². The van der Waals surface area contributed by atoms with E-state index >= 15 is 0 Å². The molecule has 0 unspecified atom stereocenters. The number of hydrogen-bond donors (Lipinski definition) is 2. The minimum absolute atomic E-state index is 0.121. The average molecular weight is 413 g/mol. The molecule has 3 rings (SSSR count). The van der Waals surface area contributed by atoms with Crippen LogP contribution in [0.5, 0.6) is 5.75 Å². The third kappa shape index (κ3) is 5.81. The van der Waals surface area contributed by atoms with Crippen LogP contribution in [0.2, 0.25) is 0 Å². The fourth-order valence-corrected chi connectivity index (χ4v) is 4.19. The maximum Gasteiger partial charge on any atom is 0.222 e. The molecule has 2 aromatic rings. The Balaban J connectivity index is 1.75. The maximum atomic E-state index is 13.4. The first-order valence-electron chi connectivity index (χ1n) is 10.4. The highest BCUT2D eigenvalue weighted by atomic mass is 19.1. The molecule has 2 aromatic carbocycles. The van der Waals surface area contributed by atoms with Crippen LogP contribution < -0.4 is 15.4 Å². The summed E-state index contributed by atoms with van der Waals surface area (Å²) in [4.78, 5) is 24.7. The highest BCUT2D eigenvalue weighted by Crippen LogP contribution is 2.36. The molecule has 1 aliphatic carbocycles. The lowest BCUT2D eigenvalue weighted by Gasteiger charge is -2.27. The molecule has 1 aliphatic rings. The normalized spacial score (nSPS) is 16.0. The molecule has 2 N–H and O–H groups in total. The Morgan fingerprint density at radius 1 is 1.00 bits per heavy atom. The van der Waals surface area contributed by atoms with E-state index < -0.39 is 6.04 Å². The number of rotatable bonds is 8. The molecule has 160 valence electrons. The Kier molecular flexibility index (Phi) is 7.44. The fraction of sp³-hybridized carbons (Fsp3) is 0.417. The highest BCUT2D eigenvalue weighted by molar-refractivity contribution is 5.79. The minimum atomic E-state index is -0.439. The second-order valence-corrected chi connectivity index (χ2v) is 7.87. The summed E-state index contributed by atoms with van der Waals surface area (Å²) in [7, 11) is 1.59. The van der Waals surface area contributed by atoms with E-state index in [1.807, 2.05) is 24.3 Å². The van der Waals surface area contributed by atoms with Crippen LogP contribution in [0.4, 0.5) is 4.39 Å². The second kappa shape index (κ2) is 10.2. The zero-order valence-electron chi connectivity index (χ0n) is 17.5. The van der Waals surface area contributed by atoms with Crippen molar-refractivity contribution >= 4 is 11.8 Å². The molecule has 0 saturated heterocycles. The van der Waals surface area contributed by atoms with Crippen molar-refractivity contribution < 1.29 is 18.7 Å². The molecule has 1 fully saturated rings. The van der Waals surface area contributed by atoms with Gasteiger partial charge in [-0.1, -0.05) is 37.1 Å². The topological polar surface area (TPSA) is 67.4 Å². The second-order valence-electron chi connectivity index (χ2n) is 7.87. The highest BCUT2D eigenvalue weighted by Gasteiger charge is 2.28. The van der Waals surface area contributed by atoms with Gasteiger partial charge in [-0.2, -0.15) is 0 Å². The van der Waals surface area contributed by atoms with E-state index in [4.69, 9.17) is 4.74 Å². The molecule has 5 nitrogen and oxygen atoms in total. The minimum Gasteiger partial charge on any atom is -0.497 e. The Labute approximate surface area is 177 Å². The number of nitrogens with one attached hydrogen (secondary N) is 2. The van der Waals surface area contributed by atoms with Gasteiger partial charge in [0.05, 0.1) is 25.6 Å². The van der Waals surface area contributed by atoms with Gasteiger partial charge < -0.3 is 15.4 Å². The predicted octanol–water partition coefficient (Wildman–Crippen LogP) is 4.45. The van der Waals surface area contributed by atoms with Gasteiger partial charge in [0.25, 0.3) is 0 Å². The van der Waals surface area contributed by atoms with Crippen molar-refractivity contribution in [3.8, 4) is 5.75 Å². The van der Waals surface area contributed by atoms with E-state index in [2.05, 4.69) is 10.6 Å².